The number of hydrogen-bond acceptors (Lipinski definition) is 5. The number of rotatable bonds is 4. The van der Waals surface area contributed by atoms with Gasteiger partial charge in [0.1, 0.15) is 5.82 Å². The van der Waals surface area contributed by atoms with E-state index in [0.717, 1.165) is 6.07 Å². The summed E-state index contributed by atoms with van der Waals surface area (Å²) in [5.41, 5.74) is 6.14. The van der Waals surface area contributed by atoms with E-state index >= 15 is 0 Å². The molecule has 0 radical (unpaired) electrons. The van der Waals surface area contributed by atoms with Crippen LogP contribution < -0.4 is 11.1 Å². The van der Waals surface area contributed by atoms with Gasteiger partial charge in [0.15, 0.2) is 0 Å². The van der Waals surface area contributed by atoms with Crippen LogP contribution in [0.5, 0.6) is 0 Å². The van der Waals surface area contributed by atoms with Crippen molar-refractivity contribution in [2.75, 3.05) is 30.7 Å². The van der Waals surface area contributed by atoms with Crippen molar-refractivity contribution in [2.45, 2.75) is 18.6 Å². The van der Waals surface area contributed by atoms with Crippen LogP contribution in [0.25, 0.3) is 0 Å². The van der Waals surface area contributed by atoms with E-state index in [1.54, 1.807) is 0 Å². The number of nitrogen functional groups attached to an aromatic ring is 1. The molecule has 1 aromatic carbocycles. The standard InChI is InChI=1S/C13H18FN3O3/c14-8-1-2-10(9(15)5-8)16-13(20)3-4-17-6-11(18)12(19)7-17/h1-2,5,11-12,18-19H,3-4,6-7,15H2,(H,16,20). The highest BCUT2D eigenvalue weighted by Crippen LogP contribution is 2.19. The molecule has 110 valence electrons. The largest absolute Gasteiger partial charge is 0.397 e. The van der Waals surface area contributed by atoms with E-state index in [0.29, 0.717) is 25.3 Å². The Morgan fingerprint density at radius 3 is 2.65 bits per heavy atom. The van der Waals surface area contributed by atoms with E-state index in [1.807, 2.05) is 4.90 Å². The molecule has 0 aliphatic carbocycles. The van der Waals surface area contributed by atoms with Crippen LogP contribution >= 0.6 is 0 Å². The monoisotopic (exact) mass is 283 g/mol. The molecule has 5 N–H and O–H groups in total. The number of nitrogens with one attached hydrogen (secondary N) is 1. The minimum Gasteiger partial charge on any atom is -0.397 e. The average molecular weight is 283 g/mol. The third-order valence-electron chi connectivity index (χ3n) is 3.28. The third kappa shape index (κ3) is 3.66. The Labute approximate surface area is 116 Å². The lowest BCUT2D eigenvalue weighted by atomic mass is 10.2. The summed E-state index contributed by atoms with van der Waals surface area (Å²) >= 11 is 0. The maximum atomic E-state index is 12.9. The molecule has 20 heavy (non-hydrogen) atoms. The molecule has 6 nitrogen and oxygen atoms in total. The van der Waals surface area contributed by atoms with Crippen molar-refractivity contribution in [3.63, 3.8) is 0 Å². The Morgan fingerprint density at radius 1 is 1.40 bits per heavy atom. The van der Waals surface area contributed by atoms with E-state index < -0.39 is 18.0 Å². The first kappa shape index (κ1) is 14.7. The molecule has 1 heterocycles. The summed E-state index contributed by atoms with van der Waals surface area (Å²) in [5, 5.41) is 21.4. The fourth-order valence-electron chi connectivity index (χ4n) is 2.15. The number of hydrogen-bond donors (Lipinski definition) is 4. The maximum Gasteiger partial charge on any atom is 0.225 e. The summed E-state index contributed by atoms with van der Waals surface area (Å²) in [6.45, 7) is 1.14. The zero-order chi connectivity index (χ0) is 14.7. The van der Waals surface area contributed by atoms with Crippen LogP contribution in [0.3, 0.4) is 0 Å². The first-order valence-corrected chi connectivity index (χ1v) is 6.39. The molecular weight excluding hydrogens is 265 g/mol. The number of aliphatic hydroxyl groups excluding tert-OH is 2. The van der Waals surface area contributed by atoms with Gasteiger partial charge >= 0.3 is 0 Å². The number of amides is 1. The number of aliphatic hydroxyl groups is 2. The van der Waals surface area contributed by atoms with Gasteiger partial charge in [0.25, 0.3) is 0 Å². The number of carbonyl (C=O) groups excluding carboxylic acids is 1. The van der Waals surface area contributed by atoms with Crippen molar-refractivity contribution in [1.82, 2.24) is 4.90 Å². The minimum absolute atomic E-state index is 0.172. The Kier molecular flexibility index (Phi) is 4.53. The highest BCUT2D eigenvalue weighted by Gasteiger charge is 2.29. The zero-order valence-corrected chi connectivity index (χ0v) is 10.9. The van der Waals surface area contributed by atoms with Gasteiger partial charge in [-0.2, -0.15) is 0 Å². The summed E-state index contributed by atoms with van der Waals surface area (Å²) in [6, 6.07) is 3.77. The lowest BCUT2D eigenvalue weighted by molar-refractivity contribution is -0.116. The number of nitrogens with zero attached hydrogens (tertiary/aromatic N) is 1. The molecule has 7 heteroatoms. The number of likely N-dealkylation sites (tertiary alicyclic amines) is 1. The van der Waals surface area contributed by atoms with Gasteiger partial charge in [-0.25, -0.2) is 4.39 Å². The Morgan fingerprint density at radius 2 is 2.05 bits per heavy atom. The minimum atomic E-state index is -0.759. The van der Waals surface area contributed by atoms with Gasteiger partial charge in [0.2, 0.25) is 5.91 Å². The van der Waals surface area contributed by atoms with E-state index in [2.05, 4.69) is 5.32 Å². The van der Waals surface area contributed by atoms with Gasteiger partial charge in [-0.3, -0.25) is 9.69 Å². The number of nitrogens with two attached hydrogens (primary N) is 1. The van der Waals surface area contributed by atoms with E-state index in [9.17, 15) is 19.4 Å². The van der Waals surface area contributed by atoms with Crippen LogP contribution in [0, 0.1) is 5.82 Å². The fourth-order valence-corrected chi connectivity index (χ4v) is 2.15. The zero-order valence-electron chi connectivity index (χ0n) is 10.9. The highest BCUT2D eigenvalue weighted by atomic mass is 19.1. The predicted octanol–water partition coefficient (Wildman–Crippen LogP) is -0.226. The smallest absolute Gasteiger partial charge is 0.225 e. The topological polar surface area (TPSA) is 98.8 Å². The second kappa shape index (κ2) is 6.17. The summed E-state index contributed by atoms with van der Waals surface area (Å²) in [4.78, 5) is 13.6. The van der Waals surface area contributed by atoms with Gasteiger partial charge in [0.05, 0.1) is 23.6 Å². The molecule has 1 aromatic rings. The van der Waals surface area contributed by atoms with Gasteiger partial charge in [0, 0.05) is 26.1 Å². The molecule has 1 aliphatic rings. The lowest BCUT2D eigenvalue weighted by Crippen LogP contribution is -2.27. The normalized spacial score (nSPS) is 22.9. The molecule has 2 atom stereocenters. The third-order valence-corrected chi connectivity index (χ3v) is 3.28. The Hall–Kier alpha value is -1.70. The molecule has 2 rings (SSSR count). The number of carbonyl (C=O) groups is 1. The lowest BCUT2D eigenvalue weighted by Gasteiger charge is -2.14. The summed E-state index contributed by atoms with van der Waals surface area (Å²) in [7, 11) is 0. The number of halogens is 1. The molecule has 1 amide bonds. The van der Waals surface area contributed by atoms with Gasteiger partial charge < -0.3 is 21.3 Å². The van der Waals surface area contributed by atoms with Crippen LogP contribution in [-0.2, 0) is 4.79 Å². The molecule has 1 saturated heterocycles. The van der Waals surface area contributed by atoms with Crippen LogP contribution in [-0.4, -0.2) is 52.9 Å². The average Bonchev–Trinajstić information content (AvgIpc) is 2.70. The fraction of sp³-hybridized carbons (Fsp3) is 0.462. The second-order valence-corrected chi connectivity index (χ2v) is 4.92. The van der Waals surface area contributed by atoms with Crippen molar-refractivity contribution in [2.24, 2.45) is 0 Å². The molecule has 0 bridgehead atoms. The first-order valence-electron chi connectivity index (χ1n) is 6.39. The molecule has 2 unspecified atom stereocenters. The van der Waals surface area contributed by atoms with Crippen LogP contribution in [0.4, 0.5) is 15.8 Å². The van der Waals surface area contributed by atoms with Crippen LogP contribution in [0.15, 0.2) is 18.2 Å². The SMILES string of the molecule is Nc1cc(F)ccc1NC(=O)CCN1CC(O)C(O)C1. The maximum absolute atomic E-state index is 12.9. The first-order chi connectivity index (χ1) is 9.45. The Bertz CT molecular complexity index is 488. The summed E-state index contributed by atoms with van der Waals surface area (Å²) in [6.07, 6.45) is -1.31. The molecule has 1 aliphatic heterocycles. The molecular formula is C13H18FN3O3. The number of β-amino-alcohol motifs (C(OH)–C–C–N with tert-alkyl or cyclic N) is 2. The molecule has 0 aromatic heterocycles. The van der Waals surface area contributed by atoms with Gasteiger partial charge in [-0.15, -0.1) is 0 Å². The molecule has 0 spiro atoms. The molecule has 1 fully saturated rings. The van der Waals surface area contributed by atoms with E-state index in [-0.39, 0.29) is 18.0 Å². The highest BCUT2D eigenvalue weighted by molar-refractivity contribution is 5.93. The van der Waals surface area contributed by atoms with Gasteiger partial charge in [-0.1, -0.05) is 0 Å². The van der Waals surface area contributed by atoms with Crippen molar-refractivity contribution in [3.05, 3.63) is 24.0 Å². The van der Waals surface area contributed by atoms with Crippen molar-refractivity contribution in [3.8, 4) is 0 Å². The van der Waals surface area contributed by atoms with E-state index in [1.165, 1.54) is 12.1 Å². The summed E-state index contributed by atoms with van der Waals surface area (Å²) < 4.78 is 12.9. The van der Waals surface area contributed by atoms with Crippen LogP contribution in [0.2, 0.25) is 0 Å². The predicted molar refractivity (Wildman–Crippen MR) is 72.5 cm³/mol. The van der Waals surface area contributed by atoms with Crippen molar-refractivity contribution in [1.29, 1.82) is 0 Å². The number of benzene rings is 1. The quantitative estimate of drug-likeness (QED) is 0.572. The van der Waals surface area contributed by atoms with Crippen molar-refractivity contribution >= 4 is 17.3 Å². The molecule has 0 saturated carbocycles. The number of anilines is 2. The Balaban J connectivity index is 1.81. The summed E-state index contributed by atoms with van der Waals surface area (Å²) in [5.74, 6) is -0.709. The van der Waals surface area contributed by atoms with Crippen LogP contribution in [0.1, 0.15) is 6.42 Å². The second-order valence-electron chi connectivity index (χ2n) is 4.92. The van der Waals surface area contributed by atoms with E-state index in [4.69, 9.17) is 5.73 Å². The van der Waals surface area contributed by atoms with Gasteiger partial charge in [-0.05, 0) is 18.2 Å². The van der Waals surface area contributed by atoms with Crippen molar-refractivity contribution < 1.29 is 19.4 Å².